The maximum Gasteiger partial charge on any atom is 0.233 e. The molecule has 1 unspecified atom stereocenters. The van der Waals surface area contributed by atoms with Gasteiger partial charge in [-0.15, -0.1) is 0 Å². The van der Waals surface area contributed by atoms with Crippen molar-refractivity contribution in [2.24, 2.45) is 11.1 Å². The van der Waals surface area contributed by atoms with Gasteiger partial charge in [0.15, 0.2) is 15.7 Å². The molecule has 1 aliphatic carbocycles. The first-order chi connectivity index (χ1) is 14.7. The van der Waals surface area contributed by atoms with Crippen LogP contribution in [-0.4, -0.2) is 36.6 Å². The van der Waals surface area contributed by atoms with Gasteiger partial charge in [0.2, 0.25) is 5.91 Å². The Labute approximate surface area is 194 Å². The van der Waals surface area contributed by atoms with E-state index in [1.54, 1.807) is 6.07 Å². The summed E-state index contributed by atoms with van der Waals surface area (Å²) >= 11 is 9.44. The summed E-state index contributed by atoms with van der Waals surface area (Å²) in [4.78, 5) is 32.2. The van der Waals surface area contributed by atoms with Crippen LogP contribution >= 0.6 is 27.5 Å². The molecular weight excluding hydrogens is 508 g/mol. The van der Waals surface area contributed by atoms with Crippen molar-refractivity contribution in [2.45, 2.75) is 49.0 Å². The molecule has 1 fully saturated rings. The first-order valence-electron chi connectivity index (χ1n) is 9.77. The van der Waals surface area contributed by atoms with Gasteiger partial charge in [-0.1, -0.05) is 22.8 Å². The lowest BCUT2D eigenvalue weighted by atomic mass is 9.79. The van der Waals surface area contributed by atoms with E-state index in [0.717, 1.165) is 19.1 Å². The molecule has 31 heavy (non-hydrogen) atoms. The van der Waals surface area contributed by atoms with Gasteiger partial charge in [-0.2, -0.15) is 4.91 Å². The largest absolute Gasteiger partial charge is 0.309 e. The molecular formula is C20H22BrClN4O4S. The Hall–Kier alpha value is -1.91. The highest BCUT2D eigenvalue weighted by atomic mass is 79.9. The monoisotopic (exact) mass is 528 g/mol. The van der Waals surface area contributed by atoms with E-state index in [1.807, 2.05) is 0 Å². The summed E-state index contributed by atoms with van der Waals surface area (Å²) in [5, 5.41) is 6.00. The van der Waals surface area contributed by atoms with Crippen LogP contribution in [0.3, 0.4) is 0 Å². The number of halogens is 2. The van der Waals surface area contributed by atoms with Gasteiger partial charge >= 0.3 is 0 Å². The summed E-state index contributed by atoms with van der Waals surface area (Å²) in [6.45, 7) is 0. The molecule has 1 aliphatic rings. The quantitative estimate of drug-likeness (QED) is 0.518. The third-order valence-corrected chi connectivity index (χ3v) is 7.47. The summed E-state index contributed by atoms with van der Waals surface area (Å²) in [5.41, 5.74) is 0.621. The lowest BCUT2D eigenvalue weighted by Crippen LogP contribution is -2.26. The maximum absolute atomic E-state index is 13.2. The Balaban J connectivity index is 1.86. The normalized spacial score (nSPS) is 20.1. The fourth-order valence-electron chi connectivity index (χ4n) is 3.84. The first kappa shape index (κ1) is 23.7. The zero-order valence-corrected chi connectivity index (χ0v) is 20.0. The van der Waals surface area contributed by atoms with Crippen molar-refractivity contribution in [1.82, 2.24) is 9.97 Å². The molecule has 1 amide bonds. The third kappa shape index (κ3) is 6.30. The van der Waals surface area contributed by atoms with Gasteiger partial charge in [-0.05, 0) is 71.6 Å². The molecule has 1 N–H and O–H groups in total. The zero-order chi connectivity index (χ0) is 22.6. The zero-order valence-electron chi connectivity index (χ0n) is 16.8. The molecule has 0 radical (unpaired) electrons. The molecule has 1 atom stereocenters. The van der Waals surface area contributed by atoms with E-state index in [4.69, 9.17) is 11.6 Å². The number of nitroso groups, excluding NO2 is 1. The fraction of sp³-hybridized carbons (Fsp3) is 0.450. The number of amides is 1. The van der Waals surface area contributed by atoms with Gasteiger partial charge in [0, 0.05) is 6.26 Å². The number of carbonyl (C=O) groups excluding carboxylic acids is 1. The molecule has 1 saturated carbocycles. The molecule has 1 aromatic heterocycles. The molecule has 1 heterocycles. The highest BCUT2D eigenvalue weighted by molar-refractivity contribution is 9.10. The molecule has 2 aromatic rings. The van der Waals surface area contributed by atoms with E-state index in [9.17, 15) is 18.1 Å². The molecule has 0 aliphatic heterocycles. The Bertz CT molecular complexity index is 1060. The number of hydrogen-bond donors (Lipinski definition) is 1. The number of nitrogens with zero attached hydrogens (tertiary/aromatic N) is 3. The third-order valence-electron chi connectivity index (χ3n) is 5.48. The van der Waals surface area contributed by atoms with Crippen LogP contribution < -0.4 is 5.32 Å². The van der Waals surface area contributed by atoms with Gasteiger partial charge in [-0.25, -0.2) is 18.4 Å². The SMILES string of the molecule is CS(=O)(=O)c1ccc(C(CC2CCC(N=O)CC2)C(=O)Nc2cnc(Br)cn2)cc1Cl. The van der Waals surface area contributed by atoms with Crippen LogP contribution in [-0.2, 0) is 14.6 Å². The highest BCUT2D eigenvalue weighted by Gasteiger charge is 2.29. The Morgan fingerprint density at radius 3 is 2.52 bits per heavy atom. The summed E-state index contributed by atoms with van der Waals surface area (Å²) in [6, 6.07) is 4.43. The van der Waals surface area contributed by atoms with E-state index in [0.29, 0.717) is 35.2 Å². The summed E-state index contributed by atoms with van der Waals surface area (Å²) < 4.78 is 24.3. The predicted molar refractivity (Wildman–Crippen MR) is 122 cm³/mol. The second-order valence-corrected chi connectivity index (χ2v) is 10.9. The van der Waals surface area contributed by atoms with Crippen LogP contribution in [0.5, 0.6) is 0 Å². The van der Waals surface area contributed by atoms with Crippen LogP contribution in [0.1, 0.15) is 43.6 Å². The molecule has 0 spiro atoms. The van der Waals surface area contributed by atoms with Crippen LogP contribution in [0.25, 0.3) is 0 Å². The Kier molecular flexibility index (Phi) is 7.77. The number of carbonyl (C=O) groups is 1. The van der Waals surface area contributed by atoms with Crippen LogP contribution in [0.15, 0.2) is 45.3 Å². The smallest absolute Gasteiger partial charge is 0.233 e. The minimum absolute atomic E-state index is 0.0217. The number of anilines is 1. The minimum atomic E-state index is -3.48. The van der Waals surface area contributed by atoms with E-state index >= 15 is 0 Å². The van der Waals surface area contributed by atoms with Gasteiger partial charge in [0.1, 0.15) is 4.60 Å². The second-order valence-electron chi connectivity index (χ2n) is 7.74. The van der Waals surface area contributed by atoms with Crippen molar-refractivity contribution >= 4 is 49.1 Å². The van der Waals surface area contributed by atoms with E-state index in [1.165, 1.54) is 24.5 Å². The van der Waals surface area contributed by atoms with Crippen LogP contribution in [0.2, 0.25) is 5.02 Å². The Morgan fingerprint density at radius 1 is 1.26 bits per heavy atom. The van der Waals surface area contributed by atoms with E-state index in [-0.39, 0.29) is 27.8 Å². The average molecular weight is 530 g/mol. The maximum atomic E-state index is 13.2. The van der Waals surface area contributed by atoms with Crippen molar-refractivity contribution in [3.05, 3.63) is 50.7 Å². The van der Waals surface area contributed by atoms with Crippen molar-refractivity contribution in [3.8, 4) is 0 Å². The highest BCUT2D eigenvalue weighted by Crippen LogP contribution is 2.36. The van der Waals surface area contributed by atoms with E-state index in [2.05, 4.69) is 36.4 Å². The summed E-state index contributed by atoms with van der Waals surface area (Å²) in [5.74, 6) is -0.304. The van der Waals surface area contributed by atoms with Crippen molar-refractivity contribution in [1.29, 1.82) is 0 Å². The van der Waals surface area contributed by atoms with Gasteiger partial charge in [0.25, 0.3) is 0 Å². The summed E-state index contributed by atoms with van der Waals surface area (Å²) in [6.07, 6.45) is 7.55. The van der Waals surface area contributed by atoms with Gasteiger partial charge in [0.05, 0.1) is 34.3 Å². The standard InChI is InChI=1S/C20H22BrClN4O4S/c1-31(29,30)17-7-4-13(9-16(17)22)15(8-12-2-5-14(26-28)6-3-12)20(27)25-19-11-23-18(21)10-24-19/h4,7,9-12,14-15H,2-3,5-6,8H2,1H3,(H,24,25,27). The molecule has 1 aromatic carbocycles. The minimum Gasteiger partial charge on any atom is -0.309 e. The van der Waals surface area contributed by atoms with Gasteiger partial charge < -0.3 is 5.32 Å². The van der Waals surface area contributed by atoms with Crippen molar-refractivity contribution in [2.75, 3.05) is 11.6 Å². The molecule has 11 heteroatoms. The second kappa shape index (κ2) is 10.1. The molecule has 3 rings (SSSR count). The molecule has 8 nitrogen and oxygen atoms in total. The lowest BCUT2D eigenvalue weighted by Gasteiger charge is -2.28. The molecule has 0 saturated heterocycles. The van der Waals surface area contributed by atoms with Crippen molar-refractivity contribution < 1.29 is 13.2 Å². The average Bonchev–Trinajstić information content (AvgIpc) is 2.73. The Morgan fingerprint density at radius 2 is 1.97 bits per heavy atom. The van der Waals surface area contributed by atoms with Crippen LogP contribution in [0, 0.1) is 10.8 Å². The van der Waals surface area contributed by atoms with Gasteiger partial charge in [-0.3, -0.25) is 4.79 Å². The predicted octanol–water partition coefficient (Wildman–Crippen LogP) is 4.73. The number of hydrogen-bond acceptors (Lipinski definition) is 7. The lowest BCUT2D eigenvalue weighted by molar-refractivity contribution is -0.118. The number of nitrogens with one attached hydrogen (secondary N) is 1. The summed E-state index contributed by atoms with van der Waals surface area (Å²) in [7, 11) is -3.48. The number of rotatable bonds is 7. The number of sulfone groups is 1. The van der Waals surface area contributed by atoms with Crippen molar-refractivity contribution in [3.63, 3.8) is 0 Å². The van der Waals surface area contributed by atoms with Crippen LogP contribution in [0.4, 0.5) is 5.82 Å². The molecule has 166 valence electrons. The number of aromatic nitrogens is 2. The molecule has 0 bridgehead atoms. The fourth-order valence-corrected chi connectivity index (χ4v) is 5.38. The number of benzene rings is 1. The van der Waals surface area contributed by atoms with E-state index < -0.39 is 15.8 Å². The first-order valence-corrected chi connectivity index (χ1v) is 12.8. The topological polar surface area (TPSA) is 118 Å².